The van der Waals surface area contributed by atoms with E-state index in [0.717, 1.165) is 21.4 Å². The molecule has 18 heavy (non-hydrogen) atoms. The number of aromatic nitrogens is 1. The van der Waals surface area contributed by atoms with Gasteiger partial charge in [-0.1, -0.05) is 34.7 Å². The third kappa shape index (κ3) is 3.71. The maximum absolute atomic E-state index is 5.54. The number of benzene rings is 1. The van der Waals surface area contributed by atoms with E-state index in [0.29, 0.717) is 19.1 Å². The molecule has 2 rings (SSSR count). The topological polar surface area (TPSA) is 44.5 Å². The maximum atomic E-state index is 5.54. The van der Waals surface area contributed by atoms with Crippen LogP contribution in [0.2, 0.25) is 0 Å². The molecule has 0 fully saturated rings. The molecule has 0 aliphatic rings. The lowest BCUT2D eigenvalue weighted by atomic mass is 10.2. The molecule has 0 unspecified atom stereocenters. The number of hydrogen-bond acceptors (Lipinski definition) is 4. The van der Waals surface area contributed by atoms with Gasteiger partial charge in [0, 0.05) is 4.43 Å². The predicted octanol–water partition coefficient (Wildman–Crippen LogP) is 3.34. The van der Waals surface area contributed by atoms with Crippen molar-refractivity contribution in [2.45, 2.75) is 17.6 Å². The number of hydrogen-bond donors (Lipinski definition) is 0. The molecule has 0 radical (unpaired) electrons. The van der Waals surface area contributed by atoms with E-state index < -0.39 is 0 Å². The van der Waals surface area contributed by atoms with Gasteiger partial charge in [0.2, 0.25) is 5.89 Å². The standard InChI is InChI=1S/C13H14INO3/c1-16-12-4-2-10(3-5-12)7-17-9-13-15-11(6-14)8-18-13/h2-5,8H,6-7,9H2,1H3. The molecule has 1 aromatic carbocycles. The smallest absolute Gasteiger partial charge is 0.220 e. The first-order chi connectivity index (χ1) is 8.81. The summed E-state index contributed by atoms with van der Waals surface area (Å²) < 4.78 is 16.7. The molecular weight excluding hydrogens is 345 g/mol. The molecule has 1 aromatic heterocycles. The van der Waals surface area contributed by atoms with Crippen molar-refractivity contribution in [2.75, 3.05) is 7.11 Å². The van der Waals surface area contributed by atoms with E-state index in [4.69, 9.17) is 13.9 Å². The lowest BCUT2D eigenvalue weighted by Gasteiger charge is -2.03. The van der Waals surface area contributed by atoms with Gasteiger partial charge in [-0.15, -0.1) is 0 Å². The second-order valence-electron chi connectivity index (χ2n) is 3.71. The fourth-order valence-corrected chi connectivity index (χ4v) is 1.80. The third-order valence-electron chi connectivity index (χ3n) is 2.39. The van der Waals surface area contributed by atoms with Gasteiger partial charge < -0.3 is 13.9 Å². The molecule has 0 saturated heterocycles. The van der Waals surface area contributed by atoms with Crippen molar-refractivity contribution >= 4 is 22.6 Å². The van der Waals surface area contributed by atoms with E-state index in [1.54, 1.807) is 13.4 Å². The Kier molecular flexibility index (Phi) is 5.00. The van der Waals surface area contributed by atoms with E-state index >= 15 is 0 Å². The third-order valence-corrected chi connectivity index (χ3v) is 3.17. The SMILES string of the molecule is COc1ccc(COCc2nc(CI)co2)cc1. The molecule has 1 heterocycles. The van der Waals surface area contributed by atoms with Gasteiger partial charge in [0.25, 0.3) is 0 Å². The summed E-state index contributed by atoms with van der Waals surface area (Å²) in [6, 6.07) is 7.78. The first kappa shape index (κ1) is 13.4. The molecule has 96 valence electrons. The second kappa shape index (κ2) is 6.75. The van der Waals surface area contributed by atoms with Crippen LogP contribution in [-0.4, -0.2) is 12.1 Å². The lowest BCUT2D eigenvalue weighted by Crippen LogP contribution is -1.95. The van der Waals surface area contributed by atoms with Crippen molar-refractivity contribution < 1.29 is 13.9 Å². The molecule has 2 aromatic rings. The monoisotopic (exact) mass is 359 g/mol. The Hall–Kier alpha value is -1.08. The minimum atomic E-state index is 0.392. The van der Waals surface area contributed by atoms with E-state index in [1.165, 1.54) is 0 Å². The van der Waals surface area contributed by atoms with Crippen LogP contribution in [0.4, 0.5) is 0 Å². The summed E-state index contributed by atoms with van der Waals surface area (Å²) in [6.07, 6.45) is 1.67. The van der Waals surface area contributed by atoms with E-state index in [-0.39, 0.29) is 0 Å². The molecular formula is C13H14INO3. The summed E-state index contributed by atoms with van der Waals surface area (Å²) in [5.41, 5.74) is 2.04. The fourth-order valence-electron chi connectivity index (χ4n) is 1.45. The van der Waals surface area contributed by atoms with Crippen molar-refractivity contribution in [1.82, 2.24) is 4.98 Å². The van der Waals surface area contributed by atoms with Crippen LogP contribution >= 0.6 is 22.6 Å². The van der Waals surface area contributed by atoms with Crippen LogP contribution in [0.3, 0.4) is 0 Å². The first-order valence-corrected chi connectivity index (χ1v) is 7.04. The Labute approximate surface area is 119 Å². The van der Waals surface area contributed by atoms with E-state index in [1.807, 2.05) is 24.3 Å². The van der Waals surface area contributed by atoms with Gasteiger partial charge in [0.1, 0.15) is 18.6 Å². The number of rotatable bonds is 6. The zero-order valence-electron chi connectivity index (χ0n) is 10.1. The fraction of sp³-hybridized carbons (Fsp3) is 0.308. The quantitative estimate of drug-likeness (QED) is 0.586. The summed E-state index contributed by atoms with van der Waals surface area (Å²) in [5, 5.41) is 0. The Bertz CT molecular complexity index is 481. The van der Waals surface area contributed by atoms with Crippen molar-refractivity contribution in [1.29, 1.82) is 0 Å². The molecule has 0 spiro atoms. The highest BCUT2D eigenvalue weighted by atomic mass is 127. The normalized spacial score (nSPS) is 10.6. The van der Waals surface area contributed by atoms with E-state index in [9.17, 15) is 0 Å². The Balaban J connectivity index is 1.80. The van der Waals surface area contributed by atoms with Gasteiger partial charge in [-0.3, -0.25) is 0 Å². The summed E-state index contributed by atoms with van der Waals surface area (Å²) in [6.45, 7) is 0.925. The van der Waals surface area contributed by atoms with Crippen LogP contribution in [-0.2, 0) is 22.4 Å². The number of alkyl halides is 1. The molecule has 0 N–H and O–H groups in total. The molecule has 0 saturated carbocycles. The molecule has 0 aliphatic heterocycles. The Morgan fingerprint density at radius 3 is 2.61 bits per heavy atom. The number of methoxy groups -OCH3 is 1. The molecule has 4 nitrogen and oxygen atoms in total. The van der Waals surface area contributed by atoms with Crippen LogP contribution in [0, 0.1) is 0 Å². The average Bonchev–Trinajstić information content (AvgIpc) is 2.87. The van der Waals surface area contributed by atoms with Crippen LogP contribution in [0.25, 0.3) is 0 Å². The van der Waals surface area contributed by atoms with Crippen molar-refractivity contribution in [2.24, 2.45) is 0 Å². The summed E-state index contributed by atoms with van der Waals surface area (Å²) in [4.78, 5) is 4.27. The number of ether oxygens (including phenoxy) is 2. The molecule has 0 bridgehead atoms. The van der Waals surface area contributed by atoms with Gasteiger partial charge in [0.15, 0.2) is 0 Å². The minimum absolute atomic E-state index is 0.392. The van der Waals surface area contributed by atoms with Crippen LogP contribution in [0.1, 0.15) is 17.1 Å². The molecule has 5 heteroatoms. The van der Waals surface area contributed by atoms with Gasteiger partial charge in [-0.25, -0.2) is 4.98 Å². The van der Waals surface area contributed by atoms with Gasteiger partial charge in [-0.05, 0) is 17.7 Å². The van der Waals surface area contributed by atoms with E-state index in [2.05, 4.69) is 27.6 Å². The summed E-state index contributed by atoms with van der Waals surface area (Å²) in [5.74, 6) is 1.47. The zero-order chi connectivity index (χ0) is 12.8. The Morgan fingerprint density at radius 2 is 2.00 bits per heavy atom. The van der Waals surface area contributed by atoms with Gasteiger partial charge >= 0.3 is 0 Å². The predicted molar refractivity (Wildman–Crippen MR) is 75.7 cm³/mol. The zero-order valence-corrected chi connectivity index (χ0v) is 12.2. The molecule has 0 amide bonds. The van der Waals surface area contributed by atoms with Gasteiger partial charge in [-0.2, -0.15) is 0 Å². The highest BCUT2D eigenvalue weighted by Crippen LogP contribution is 2.13. The second-order valence-corrected chi connectivity index (χ2v) is 4.47. The average molecular weight is 359 g/mol. The highest BCUT2D eigenvalue weighted by Gasteiger charge is 2.03. The largest absolute Gasteiger partial charge is 0.497 e. The Morgan fingerprint density at radius 1 is 1.22 bits per heavy atom. The summed E-state index contributed by atoms with van der Waals surface area (Å²) >= 11 is 2.25. The number of nitrogens with zero attached hydrogens (tertiary/aromatic N) is 1. The van der Waals surface area contributed by atoms with Crippen molar-refractivity contribution in [3.05, 3.63) is 47.7 Å². The maximum Gasteiger partial charge on any atom is 0.220 e. The minimum Gasteiger partial charge on any atom is -0.497 e. The number of halogens is 1. The number of oxazole rings is 1. The van der Waals surface area contributed by atoms with Crippen LogP contribution in [0.15, 0.2) is 34.9 Å². The first-order valence-electron chi connectivity index (χ1n) is 5.51. The summed E-state index contributed by atoms with van der Waals surface area (Å²) in [7, 11) is 1.65. The van der Waals surface area contributed by atoms with Gasteiger partial charge in [0.05, 0.1) is 19.4 Å². The molecule has 0 atom stereocenters. The molecule has 0 aliphatic carbocycles. The lowest BCUT2D eigenvalue weighted by molar-refractivity contribution is 0.0895. The van der Waals surface area contributed by atoms with Crippen molar-refractivity contribution in [3.8, 4) is 5.75 Å². The highest BCUT2D eigenvalue weighted by molar-refractivity contribution is 14.1. The van der Waals surface area contributed by atoms with Crippen LogP contribution < -0.4 is 4.74 Å². The van der Waals surface area contributed by atoms with Crippen molar-refractivity contribution in [3.63, 3.8) is 0 Å². The van der Waals surface area contributed by atoms with Crippen LogP contribution in [0.5, 0.6) is 5.75 Å².